The van der Waals surface area contributed by atoms with Crippen LogP contribution in [0.1, 0.15) is 46.2 Å². The molecule has 0 spiro atoms. The molecule has 0 saturated carbocycles. The lowest BCUT2D eigenvalue weighted by atomic mass is 9.67. The van der Waals surface area contributed by atoms with E-state index in [9.17, 15) is 0 Å². The Morgan fingerprint density at radius 2 is 0.954 bits per heavy atom. The first-order valence-corrected chi connectivity index (χ1v) is 22.8. The summed E-state index contributed by atoms with van der Waals surface area (Å²) in [6.07, 6.45) is 8.95. The van der Waals surface area contributed by atoms with Gasteiger partial charge in [-0.1, -0.05) is 195 Å². The highest BCUT2D eigenvalue weighted by molar-refractivity contribution is 5.94. The maximum atomic E-state index is 4.70. The molecule has 0 radical (unpaired) electrons. The molecular weight excluding hydrogens is 783 g/mol. The summed E-state index contributed by atoms with van der Waals surface area (Å²) in [6.45, 7) is 6.90. The molecule has 11 rings (SSSR count). The van der Waals surface area contributed by atoms with Crippen LogP contribution in [0.5, 0.6) is 0 Å². The molecule has 0 amide bonds. The first-order chi connectivity index (χ1) is 32.1. The van der Waals surface area contributed by atoms with Crippen LogP contribution in [0.4, 0.5) is 17.1 Å². The minimum absolute atomic E-state index is 0.585. The summed E-state index contributed by atoms with van der Waals surface area (Å²) in [5, 5.41) is 0. The predicted molar refractivity (Wildman–Crippen MR) is 275 cm³/mol. The van der Waals surface area contributed by atoms with E-state index >= 15 is 0 Å². The van der Waals surface area contributed by atoms with E-state index < -0.39 is 5.41 Å². The van der Waals surface area contributed by atoms with Crippen molar-refractivity contribution >= 4 is 22.6 Å². The van der Waals surface area contributed by atoms with Gasteiger partial charge in [-0.15, -0.1) is 0 Å². The highest BCUT2D eigenvalue weighted by Crippen LogP contribution is 2.58. The van der Waals surface area contributed by atoms with Crippen LogP contribution in [-0.4, -0.2) is 0 Å². The summed E-state index contributed by atoms with van der Waals surface area (Å²) < 4.78 is 0. The lowest BCUT2D eigenvalue weighted by Gasteiger charge is -2.35. The van der Waals surface area contributed by atoms with Crippen molar-refractivity contribution in [1.82, 2.24) is 0 Å². The number of fused-ring (bicyclic) bond motifs is 3. The largest absolute Gasteiger partial charge is 0.310 e. The van der Waals surface area contributed by atoms with Crippen molar-refractivity contribution in [2.24, 2.45) is 0 Å². The van der Waals surface area contributed by atoms with Crippen LogP contribution in [0.2, 0.25) is 0 Å². The number of hydrogen-bond donors (Lipinski definition) is 0. The molecule has 0 aliphatic heterocycles. The molecule has 0 saturated heterocycles. The molecule has 0 unspecified atom stereocenters. The summed E-state index contributed by atoms with van der Waals surface area (Å²) in [4.78, 5) is 2.37. The van der Waals surface area contributed by atoms with Crippen LogP contribution in [0.15, 0.2) is 255 Å². The number of anilines is 3. The number of benzene rings is 9. The molecule has 2 aliphatic rings. The first kappa shape index (κ1) is 39.8. The minimum Gasteiger partial charge on any atom is -0.310 e. The highest BCUT2D eigenvalue weighted by Gasteiger charge is 2.46. The fourth-order valence-corrected chi connectivity index (χ4v) is 10.4. The zero-order valence-electron chi connectivity index (χ0n) is 36.7. The second-order valence-corrected chi connectivity index (χ2v) is 17.3. The Hall–Kier alpha value is -8.00. The predicted octanol–water partition coefficient (Wildman–Crippen LogP) is 17.1. The third-order valence-corrected chi connectivity index (χ3v) is 13.5. The molecule has 0 atom stereocenters. The smallest absolute Gasteiger partial charge is 0.0714 e. The summed E-state index contributed by atoms with van der Waals surface area (Å²) in [7, 11) is 0. The van der Waals surface area contributed by atoms with Gasteiger partial charge < -0.3 is 4.90 Å². The van der Waals surface area contributed by atoms with E-state index in [1.807, 2.05) is 0 Å². The number of rotatable bonds is 10. The molecule has 0 bridgehead atoms. The molecule has 1 nitrogen and oxygen atoms in total. The van der Waals surface area contributed by atoms with Crippen molar-refractivity contribution in [3.05, 3.63) is 288 Å². The topological polar surface area (TPSA) is 3.24 Å². The summed E-state index contributed by atoms with van der Waals surface area (Å²) in [6, 6.07) is 82.5. The number of aryl methyl sites for hydroxylation is 1. The molecule has 310 valence electrons. The van der Waals surface area contributed by atoms with E-state index in [0.717, 1.165) is 35.5 Å². The lowest BCUT2D eigenvalue weighted by Crippen LogP contribution is -2.28. The van der Waals surface area contributed by atoms with E-state index in [4.69, 9.17) is 6.58 Å². The van der Waals surface area contributed by atoms with Crippen LogP contribution in [0.25, 0.3) is 50.1 Å². The van der Waals surface area contributed by atoms with Gasteiger partial charge >= 0.3 is 0 Å². The van der Waals surface area contributed by atoms with Gasteiger partial charge in [-0.2, -0.15) is 0 Å². The van der Waals surface area contributed by atoms with Crippen LogP contribution < -0.4 is 4.90 Å². The maximum absolute atomic E-state index is 4.70. The summed E-state index contributed by atoms with van der Waals surface area (Å²) in [5.74, 6) is 0. The van der Waals surface area contributed by atoms with Crippen LogP contribution in [0.3, 0.4) is 0 Å². The second-order valence-electron chi connectivity index (χ2n) is 17.3. The number of para-hydroxylation sites is 2. The summed E-state index contributed by atoms with van der Waals surface area (Å²) in [5.41, 5.74) is 22.2. The average Bonchev–Trinajstić information content (AvgIpc) is 3.67. The normalized spacial score (nSPS) is 13.4. The second kappa shape index (κ2) is 16.9. The monoisotopic (exact) mass is 831 g/mol. The van der Waals surface area contributed by atoms with Gasteiger partial charge in [0.1, 0.15) is 0 Å². The van der Waals surface area contributed by atoms with Crippen LogP contribution in [0, 0.1) is 6.92 Å². The van der Waals surface area contributed by atoms with Crippen LogP contribution in [-0.2, 0) is 5.41 Å². The Balaban J connectivity index is 1.07. The molecule has 2 aliphatic carbocycles. The quantitative estimate of drug-likeness (QED) is 0.133. The van der Waals surface area contributed by atoms with Crippen LogP contribution >= 0.6 is 0 Å². The Morgan fingerprint density at radius 3 is 1.55 bits per heavy atom. The molecule has 0 aromatic heterocycles. The van der Waals surface area contributed by atoms with Crippen molar-refractivity contribution in [3.63, 3.8) is 0 Å². The molecule has 0 heterocycles. The number of hydrogen-bond acceptors (Lipinski definition) is 1. The Bertz CT molecular complexity index is 3190. The molecule has 0 N–H and O–H groups in total. The Labute approximate surface area is 383 Å². The Morgan fingerprint density at radius 1 is 0.431 bits per heavy atom. The van der Waals surface area contributed by atoms with Gasteiger partial charge in [-0.3, -0.25) is 0 Å². The van der Waals surface area contributed by atoms with E-state index in [1.165, 1.54) is 83.5 Å². The fraction of sp³-hybridized carbons (Fsp3) is 0.0625. The zero-order valence-corrected chi connectivity index (χ0v) is 36.7. The third kappa shape index (κ3) is 7.07. The van der Waals surface area contributed by atoms with Crippen molar-refractivity contribution in [3.8, 4) is 44.5 Å². The van der Waals surface area contributed by atoms with Gasteiger partial charge in [0.05, 0.1) is 5.41 Å². The van der Waals surface area contributed by atoms with Crippen molar-refractivity contribution < 1.29 is 0 Å². The first-order valence-electron chi connectivity index (χ1n) is 22.8. The standard InChI is InChI=1S/C64H49N/c1-45-21-18-19-34-57(45)58-38-35-50(42-61(58)46(2)47-22-8-3-9-23-47)48-24-20-25-49(41-48)51-36-39-59-60-40-37-56(65(54-30-14-6-15-31-54)55-32-16-7-17-33-55)44-63(60)64(62(59)43-51,52-26-10-4-11-27-52)53-28-12-5-13-29-53/h4-8,10-44H,2-3,9H2,1H3. The van der Waals surface area contributed by atoms with E-state index in [0.29, 0.717) is 0 Å². The highest BCUT2D eigenvalue weighted by atomic mass is 15.1. The summed E-state index contributed by atoms with van der Waals surface area (Å²) >= 11 is 0. The zero-order chi connectivity index (χ0) is 43.7. The van der Waals surface area contributed by atoms with Crippen molar-refractivity contribution in [2.75, 3.05) is 4.90 Å². The molecule has 65 heavy (non-hydrogen) atoms. The van der Waals surface area contributed by atoms with Gasteiger partial charge in [-0.05, 0) is 163 Å². The van der Waals surface area contributed by atoms with Gasteiger partial charge in [0, 0.05) is 17.1 Å². The maximum Gasteiger partial charge on any atom is 0.0714 e. The van der Waals surface area contributed by atoms with Gasteiger partial charge in [0.15, 0.2) is 0 Å². The molecular formula is C64H49N. The molecule has 9 aromatic rings. The lowest BCUT2D eigenvalue weighted by molar-refractivity contribution is 0.768. The van der Waals surface area contributed by atoms with E-state index in [1.54, 1.807) is 0 Å². The average molecular weight is 832 g/mol. The van der Waals surface area contributed by atoms with Gasteiger partial charge in [-0.25, -0.2) is 0 Å². The number of allylic oxidation sites excluding steroid dienone is 5. The van der Waals surface area contributed by atoms with Crippen molar-refractivity contribution in [2.45, 2.75) is 25.2 Å². The molecule has 9 aromatic carbocycles. The molecule has 1 heteroatoms. The number of nitrogens with zero attached hydrogens (tertiary/aromatic N) is 1. The SMILES string of the molecule is C=C(C1=CCCC=C1)c1cc(-c2cccc(-c3ccc4c(c3)C(c3ccccc3)(c3ccccc3)c3cc(N(c5ccccc5)c5ccccc5)ccc3-4)c2)ccc1-c1ccccc1C. The fourth-order valence-electron chi connectivity index (χ4n) is 10.4. The van der Waals surface area contributed by atoms with Gasteiger partial charge in [0.2, 0.25) is 0 Å². The van der Waals surface area contributed by atoms with E-state index in [-0.39, 0.29) is 0 Å². The van der Waals surface area contributed by atoms with E-state index in [2.05, 4.69) is 255 Å². The minimum atomic E-state index is -0.585. The van der Waals surface area contributed by atoms with Crippen molar-refractivity contribution in [1.29, 1.82) is 0 Å². The third-order valence-electron chi connectivity index (χ3n) is 13.5. The Kier molecular flexibility index (Phi) is 10.4. The van der Waals surface area contributed by atoms with Gasteiger partial charge in [0.25, 0.3) is 0 Å². The molecule has 0 fully saturated rings.